The van der Waals surface area contributed by atoms with Crippen molar-refractivity contribution in [1.29, 1.82) is 5.26 Å². The molecule has 2 aromatic rings. The lowest BCUT2D eigenvalue weighted by molar-refractivity contribution is 0.104. The molecule has 3 nitrogen and oxygen atoms in total. The molecule has 0 saturated carbocycles. The smallest absolute Gasteiger partial charge is 0.185 e. The number of halogens is 1. The van der Waals surface area contributed by atoms with Gasteiger partial charge in [0, 0.05) is 10.6 Å². The fourth-order valence-corrected chi connectivity index (χ4v) is 1.80. The van der Waals surface area contributed by atoms with Crippen LogP contribution in [-0.4, -0.2) is 12.4 Å². The van der Waals surface area contributed by atoms with Crippen molar-refractivity contribution in [2.75, 3.05) is 6.61 Å². The van der Waals surface area contributed by atoms with Gasteiger partial charge in [-0.1, -0.05) is 29.8 Å². The number of ether oxygens (including phenoxy) is 1. The fourth-order valence-electron chi connectivity index (χ4n) is 1.67. The second kappa shape index (κ2) is 7.28. The Hall–Kier alpha value is -2.57. The molecule has 0 unspecified atom stereocenters. The zero-order valence-corrected chi connectivity index (χ0v) is 11.9. The molecule has 0 heterocycles. The Balaban J connectivity index is 2.02. The van der Waals surface area contributed by atoms with Crippen LogP contribution in [0.1, 0.15) is 15.9 Å². The molecule has 2 rings (SSSR count). The maximum absolute atomic E-state index is 11.9. The molecule has 0 radical (unpaired) electrons. The molecule has 0 N–H and O–H groups in total. The number of hydrogen-bond acceptors (Lipinski definition) is 3. The highest BCUT2D eigenvalue weighted by Gasteiger charge is 2.01. The SMILES string of the molecule is N#CCOc1ccc(/C=C\C(=O)c2ccc(Cl)cc2)cc1. The summed E-state index contributed by atoms with van der Waals surface area (Å²) in [6.07, 6.45) is 3.24. The molecule has 0 bridgehead atoms. The average Bonchev–Trinajstić information content (AvgIpc) is 2.52. The van der Waals surface area contributed by atoms with E-state index in [0.29, 0.717) is 16.3 Å². The molecule has 2 aromatic carbocycles. The van der Waals surface area contributed by atoms with Gasteiger partial charge < -0.3 is 4.74 Å². The van der Waals surface area contributed by atoms with Gasteiger partial charge in [-0.25, -0.2) is 0 Å². The molecule has 0 fully saturated rings. The Bertz CT molecular complexity index is 682. The number of benzene rings is 2. The lowest BCUT2D eigenvalue weighted by Crippen LogP contribution is -1.94. The lowest BCUT2D eigenvalue weighted by atomic mass is 10.1. The van der Waals surface area contributed by atoms with Crippen LogP contribution in [0.15, 0.2) is 54.6 Å². The molecule has 0 aliphatic carbocycles. The Morgan fingerprint density at radius 3 is 2.43 bits per heavy atom. The van der Waals surface area contributed by atoms with E-state index in [-0.39, 0.29) is 12.4 Å². The fraction of sp³-hybridized carbons (Fsp3) is 0.0588. The lowest BCUT2D eigenvalue weighted by Gasteiger charge is -2.01. The van der Waals surface area contributed by atoms with E-state index >= 15 is 0 Å². The molecule has 0 saturated heterocycles. The number of carbonyl (C=O) groups is 1. The van der Waals surface area contributed by atoms with Gasteiger partial charge in [-0.3, -0.25) is 4.79 Å². The zero-order chi connectivity index (χ0) is 15.1. The van der Waals surface area contributed by atoms with Gasteiger partial charge in [0.2, 0.25) is 0 Å². The van der Waals surface area contributed by atoms with Crippen LogP contribution in [0.2, 0.25) is 5.02 Å². The average molecular weight is 298 g/mol. The molecular formula is C17H12ClNO2. The molecule has 0 spiro atoms. The van der Waals surface area contributed by atoms with E-state index in [1.807, 2.05) is 18.2 Å². The Labute approximate surface area is 128 Å². The number of carbonyl (C=O) groups excluding carboxylic acids is 1. The third-order valence-corrected chi connectivity index (χ3v) is 2.99. The van der Waals surface area contributed by atoms with Crippen molar-refractivity contribution in [2.24, 2.45) is 0 Å². The monoisotopic (exact) mass is 297 g/mol. The minimum absolute atomic E-state index is 0.0181. The maximum Gasteiger partial charge on any atom is 0.185 e. The summed E-state index contributed by atoms with van der Waals surface area (Å²) in [5, 5.41) is 9.02. The van der Waals surface area contributed by atoms with Gasteiger partial charge in [-0.05, 0) is 48.0 Å². The van der Waals surface area contributed by atoms with Crippen LogP contribution in [-0.2, 0) is 0 Å². The summed E-state index contributed by atoms with van der Waals surface area (Å²) in [5.41, 5.74) is 1.46. The van der Waals surface area contributed by atoms with E-state index in [1.165, 1.54) is 6.08 Å². The number of nitrogens with zero attached hydrogens (tertiary/aromatic N) is 1. The summed E-state index contributed by atoms with van der Waals surface area (Å²) in [5.74, 6) is 0.536. The van der Waals surface area contributed by atoms with Crippen LogP contribution in [0.4, 0.5) is 0 Å². The number of rotatable bonds is 5. The van der Waals surface area contributed by atoms with E-state index in [9.17, 15) is 4.79 Å². The van der Waals surface area contributed by atoms with E-state index in [1.54, 1.807) is 42.5 Å². The van der Waals surface area contributed by atoms with Gasteiger partial charge in [0.25, 0.3) is 0 Å². The second-order valence-corrected chi connectivity index (χ2v) is 4.66. The largest absolute Gasteiger partial charge is 0.479 e. The Kier molecular flexibility index (Phi) is 5.14. The summed E-state index contributed by atoms with van der Waals surface area (Å²) in [6.45, 7) is 0.0181. The van der Waals surface area contributed by atoms with E-state index in [2.05, 4.69) is 0 Å². The van der Waals surface area contributed by atoms with Gasteiger partial charge >= 0.3 is 0 Å². The summed E-state index contributed by atoms with van der Waals surface area (Å²) in [6, 6.07) is 15.8. The van der Waals surface area contributed by atoms with Crippen LogP contribution in [0, 0.1) is 11.3 Å². The van der Waals surface area contributed by atoms with Crippen LogP contribution in [0.3, 0.4) is 0 Å². The number of allylic oxidation sites excluding steroid dienone is 1. The molecule has 4 heteroatoms. The van der Waals surface area contributed by atoms with Crippen molar-refractivity contribution < 1.29 is 9.53 Å². The number of hydrogen-bond donors (Lipinski definition) is 0. The van der Waals surface area contributed by atoms with Gasteiger partial charge in [0.1, 0.15) is 11.8 Å². The highest BCUT2D eigenvalue weighted by molar-refractivity contribution is 6.30. The number of nitriles is 1. The topological polar surface area (TPSA) is 50.1 Å². The first-order valence-electron chi connectivity index (χ1n) is 6.27. The third-order valence-electron chi connectivity index (χ3n) is 2.74. The minimum atomic E-state index is -0.0866. The van der Waals surface area contributed by atoms with Crippen LogP contribution >= 0.6 is 11.6 Å². The van der Waals surface area contributed by atoms with Crippen molar-refractivity contribution in [3.63, 3.8) is 0 Å². The van der Waals surface area contributed by atoms with Gasteiger partial charge in [0.15, 0.2) is 12.4 Å². The van der Waals surface area contributed by atoms with Crippen LogP contribution in [0.5, 0.6) is 5.75 Å². The van der Waals surface area contributed by atoms with E-state index in [0.717, 1.165) is 5.56 Å². The van der Waals surface area contributed by atoms with Crippen molar-refractivity contribution >= 4 is 23.5 Å². The zero-order valence-electron chi connectivity index (χ0n) is 11.1. The summed E-state index contributed by atoms with van der Waals surface area (Å²) in [7, 11) is 0. The van der Waals surface area contributed by atoms with Crippen molar-refractivity contribution in [1.82, 2.24) is 0 Å². The quantitative estimate of drug-likeness (QED) is 0.615. The molecule has 0 atom stereocenters. The molecular weight excluding hydrogens is 286 g/mol. The maximum atomic E-state index is 11.9. The van der Waals surface area contributed by atoms with Crippen molar-refractivity contribution in [3.05, 3.63) is 70.8 Å². The van der Waals surface area contributed by atoms with Crippen molar-refractivity contribution in [3.8, 4) is 11.8 Å². The second-order valence-electron chi connectivity index (χ2n) is 4.22. The van der Waals surface area contributed by atoms with E-state index < -0.39 is 0 Å². The summed E-state index contributed by atoms with van der Waals surface area (Å²) < 4.78 is 5.15. The summed E-state index contributed by atoms with van der Waals surface area (Å²) >= 11 is 5.78. The highest BCUT2D eigenvalue weighted by Crippen LogP contribution is 2.14. The first kappa shape index (κ1) is 14.8. The Morgan fingerprint density at radius 1 is 1.14 bits per heavy atom. The normalized spacial score (nSPS) is 10.3. The summed E-state index contributed by atoms with van der Waals surface area (Å²) in [4.78, 5) is 11.9. The molecule has 0 aromatic heterocycles. The van der Waals surface area contributed by atoms with Gasteiger partial charge in [-0.15, -0.1) is 0 Å². The van der Waals surface area contributed by atoms with Crippen LogP contribution in [0.25, 0.3) is 6.08 Å². The highest BCUT2D eigenvalue weighted by atomic mass is 35.5. The first-order chi connectivity index (χ1) is 10.2. The number of ketones is 1. The molecule has 0 amide bonds. The molecule has 0 aliphatic heterocycles. The molecule has 104 valence electrons. The van der Waals surface area contributed by atoms with Gasteiger partial charge in [0.05, 0.1) is 0 Å². The standard InChI is InChI=1S/C17H12ClNO2/c18-15-6-4-14(5-7-15)17(20)10-3-13-1-8-16(9-2-13)21-12-11-19/h1-10H,12H2/b10-3-. The predicted octanol–water partition coefficient (Wildman–Crippen LogP) is 4.14. The Morgan fingerprint density at radius 2 is 1.81 bits per heavy atom. The van der Waals surface area contributed by atoms with Crippen LogP contribution < -0.4 is 4.74 Å². The predicted molar refractivity (Wildman–Crippen MR) is 82.4 cm³/mol. The van der Waals surface area contributed by atoms with Crippen molar-refractivity contribution in [2.45, 2.75) is 0 Å². The molecule has 0 aliphatic rings. The van der Waals surface area contributed by atoms with Gasteiger partial charge in [-0.2, -0.15) is 5.26 Å². The minimum Gasteiger partial charge on any atom is -0.479 e. The third kappa shape index (κ3) is 4.48. The van der Waals surface area contributed by atoms with E-state index in [4.69, 9.17) is 21.6 Å². The molecule has 21 heavy (non-hydrogen) atoms. The first-order valence-corrected chi connectivity index (χ1v) is 6.64.